The highest BCUT2D eigenvalue weighted by Gasteiger charge is 2.50. The Morgan fingerprint density at radius 3 is 2.41 bits per heavy atom. The highest BCUT2D eigenvalue weighted by Crippen LogP contribution is 2.44. The van der Waals surface area contributed by atoms with E-state index in [1.54, 1.807) is 26.0 Å². The van der Waals surface area contributed by atoms with Gasteiger partial charge in [-0.05, 0) is 91.9 Å². The molecule has 5 aromatic rings. The second-order valence-electron chi connectivity index (χ2n) is 10.2. The molecule has 0 bridgehead atoms. The Kier molecular flexibility index (Phi) is 6.33. The number of hydrogen-bond acceptors (Lipinski definition) is 7. The van der Waals surface area contributed by atoms with Gasteiger partial charge in [0.2, 0.25) is 5.89 Å². The van der Waals surface area contributed by atoms with Crippen LogP contribution in [0.25, 0.3) is 22.1 Å². The third-order valence-corrected chi connectivity index (χ3v) is 7.35. The van der Waals surface area contributed by atoms with Gasteiger partial charge in [0.25, 0.3) is 11.8 Å². The SMILES string of the molecule is COc1cc(C)c(-c2ccc3oc(C)c(C(=O)Nc4ccc(F)cc4)c3c2)cc1C(=O)NC1(c2noc(C)n2)CC1. The minimum Gasteiger partial charge on any atom is -0.496 e. The number of rotatable bonds is 7. The number of anilines is 1. The fourth-order valence-electron chi connectivity index (χ4n) is 5.04. The predicted octanol–water partition coefficient (Wildman–Crippen LogP) is 6.23. The van der Waals surface area contributed by atoms with E-state index in [-0.39, 0.29) is 11.8 Å². The zero-order valence-corrected chi connectivity index (χ0v) is 22.9. The lowest BCUT2D eigenvalue weighted by Gasteiger charge is -2.17. The van der Waals surface area contributed by atoms with Crippen LogP contribution < -0.4 is 15.4 Å². The third-order valence-electron chi connectivity index (χ3n) is 7.35. The van der Waals surface area contributed by atoms with Crippen molar-refractivity contribution in [3.63, 3.8) is 0 Å². The van der Waals surface area contributed by atoms with Gasteiger partial charge in [-0.15, -0.1) is 0 Å². The highest BCUT2D eigenvalue weighted by molar-refractivity contribution is 6.14. The molecule has 2 heterocycles. The molecule has 1 fully saturated rings. The van der Waals surface area contributed by atoms with Gasteiger partial charge in [0.15, 0.2) is 5.82 Å². The van der Waals surface area contributed by atoms with Crippen molar-refractivity contribution in [3.05, 3.63) is 94.6 Å². The summed E-state index contributed by atoms with van der Waals surface area (Å²) >= 11 is 0. The lowest BCUT2D eigenvalue weighted by atomic mass is 9.95. The minimum absolute atomic E-state index is 0.317. The van der Waals surface area contributed by atoms with Gasteiger partial charge in [0, 0.05) is 18.0 Å². The molecule has 0 unspecified atom stereocenters. The first-order chi connectivity index (χ1) is 19.7. The van der Waals surface area contributed by atoms with Crippen molar-refractivity contribution in [2.75, 3.05) is 12.4 Å². The molecule has 1 aliphatic carbocycles. The minimum atomic E-state index is -0.662. The molecule has 0 spiro atoms. The number of aromatic nitrogens is 2. The Labute approximate surface area is 234 Å². The number of fused-ring (bicyclic) bond motifs is 1. The zero-order valence-electron chi connectivity index (χ0n) is 22.9. The van der Waals surface area contributed by atoms with E-state index in [9.17, 15) is 14.0 Å². The fraction of sp³-hybridized carbons (Fsp3) is 0.226. The highest BCUT2D eigenvalue weighted by atomic mass is 19.1. The zero-order chi connectivity index (χ0) is 28.9. The molecule has 0 radical (unpaired) electrons. The monoisotopic (exact) mass is 554 g/mol. The van der Waals surface area contributed by atoms with E-state index in [0.29, 0.717) is 63.9 Å². The van der Waals surface area contributed by atoms with E-state index in [0.717, 1.165) is 16.7 Å². The molecule has 2 N–H and O–H groups in total. The standard InChI is InChI=1S/C31H27FN4O5/c1-16-13-26(39-4)24(28(37)35-31(11-12-31)30-33-18(3)41-36-30)15-22(16)19-5-10-25-23(14-19)27(17(2)40-25)29(38)34-21-8-6-20(32)7-9-21/h5-10,13-15H,11-12H2,1-4H3,(H,34,38)(H,35,37). The van der Waals surface area contributed by atoms with Crippen LogP contribution in [0.2, 0.25) is 0 Å². The molecule has 41 heavy (non-hydrogen) atoms. The van der Waals surface area contributed by atoms with Gasteiger partial charge in [0.05, 0.1) is 18.2 Å². The van der Waals surface area contributed by atoms with Crippen LogP contribution in [0.5, 0.6) is 5.75 Å². The van der Waals surface area contributed by atoms with Crippen LogP contribution in [-0.4, -0.2) is 29.1 Å². The summed E-state index contributed by atoms with van der Waals surface area (Å²) in [5, 5.41) is 10.5. The van der Waals surface area contributed by atoms with Crippen molar-refractivity contribution in [3.8, 4) is 16.9 Å². The van der Waals surface area contributed by atoms with Crippen molar-refractivity contribution >= 4 is 28.5 Å². The average Bonchev–Trinajstić information content (AvgIpc) is 3.45. The Bertz CT molecular complexity index is 1820. The van der Waals surface area contributed by atoms with Gasteiger partial charge in [0.1, 0.15) is 28.4 Å². The molecule has 1 aliphatic rings. The van der Waals surface area contributed by atoms with Gasteiger partial charge < -0.3 is 24.3 Å². The first-order valence-electron chi connectivity index (χ1n) is 13.1. The Balaban J connectivity index is 1.36. The summed E-state index contributed by atoms with van der Waals surface area (Å²) in [5.41, 5.74) is 3.55. The van der Waals surface area contributed by atoms with Crippen LogP contribution >= 0.6 is 0 Å². The van der Waals surface area contributed by atoms with Crippen molar-refractivity contribution in [1.82, 2.24) is 15.5 Å². The van der Waals surface area contributed by atoms with E-state index in [1.807, 2.05) is 25.1 Å². The molecule has 2 amide bonds. The number of aryl methyl sites for hydroxylation is 3. The summed E-state index contributed by atoms with van der Waals surface area (Å²) in [7, 11) is 1.52. The Hall–Kier alpha value is -4.99. The molecule has 2 aromatic heterocycles. The summed E-state index contributed by atoms with van der Waals surface area (Å²) in [5.74, 6) is 0.703. The molecule has 208 valence electrons. The molecule has 3 aromatic carbocycles. The molecule has 1 saturated carbocycles. The molecular formula is C31H27FN4O5. The van der Waals surface area contributed by atoms with Gasteiger partial charge >= 0.3 is 0 Å². The van der Waals surface area contributed by atoms with Crippen molar-refractivity contribution in [1.29, 1.82) is 0 Å². The van der Waals surface area contributed by atoms with E-state index in [2.05, 4.69) is 20.8 Å². The normalized spacial score (nSPS) is 13.7. The van der Waals surface area contributed by atoms with Crippen LogP contribution in [0.1, 0.15) is 56.6 Å². The van der Waals surface area contributed by atoms with Gasteiger partial charge in [-0.3, -0.25) is 9.59 Å². The fourth-order valence-corrected chi connectivity index (χ4v) is 5.04. The number of nitrogens with zero attached hydrogens (tertiary/aromatic N) is 2. The molecule has 0 saturated heterocycles. The van der Waals surface area contributed by atoms with E-state index >= 15 is 0 Å². The maximum Gasteiger partial charge on any atom is 0.259 e. The summed E-state index contributed by atoms with van der Waals surface area (Å²) in [6, 6.07) is 14.7. The van der Waals surface area contributed by atoms with Crippen LogP contribution in [-0.2, 0) is 5.54 Å². The number of amides is 2. The maximum atomic E-state index is 13.5. The first-order valence-corrected chi connectivity index (χ1v) is 13.1. The van der Waals surface area contributed by atoms with Gasteiger partial charge in [-0.1, -0.05) is 11.2 Å². The lowest BCUT2D eigenvalue weighted by Crippen LogP contribution is -2.36. The third kappa shape index (κ3) is 4.82. The Morgan fingerprint density at radius 2 is 1.76 bits per heavy atom. The molecule has 0 aliphatic heterocycles. The largest absolute Gasteiger partial charge is 0.496 e. The molecule has 0 atom stereocenters. The summed E-state index contributed by atoms with van der Waals surface area (Å²) in [4.78, 5) is 31.1. The van der Waals surface area contributed by atoms with Crippen LogP contribution in [0, 0.1) is 26.6 Å². The number of carbonyl (C=O) groups excluding carboxylic acids is 2. The van der Waals surface area contributed by atoms with Crippen molar-refractivity contribution < 1.29 is 27.7 Å². The van der Waals surface area contributed by atoms with Crippen LogP contribution in [0.3, 0.4) is 0 Å². The van der Waals surface area contributed by atoms with Crippen LogP contribution in [0.4, 0.5) is 10.1 Å². The van der Waals surface area contributed by atoms with Crippen molar-refractivity contribution in [2.24, 2.45) is 0 Å². The average molecular weight is 555 g/mol. The molecule has 9 nitrogen and oxygen atoms in total. The Morgan fingerprint density at radius 1 is 1.00 bits per heavy atom. The summed E-state index contributed by atoms with van der Waals surface area (Å²) < 4.78 is 29.9. The van der Waals surface area contributed by atoms with E-state index < -0.39 is 11.4 Å². The molecule has 6 rings (SSSR count). The van der Waals surface area contributed by atoms with Crippen molar-refractivity contribution in [2.45, 2.75) is 39.2 Å². The number of halogens is 1. The van der Waals surface area contributed by atoms with Crippen LogP contribution in [0.15, 0.2) is 63.5 Å². The second-order valence-corrected chi connectivity index (χ2v) is 10.2. The number of methoxy groups -OCH3 is 1. The number of furan rings is 1. The molecule has 10 heteroatoms. The smallest absolute Gasteiger partial charge is 0.259 e. The summed E-state index contributed by atoms with van der Waals surface area (Å²) in [6.45, 7) is 5.36. The quantitative estimate of drug-likeness (QED) is 0.245. The predicted molar refractivity (Wildman–Crippen MR) is 149 cm³/mol. The number of nitrogens with one attached hydrogen (secondary N) is 2. The van der Waals surface area contributed by atoms with E-state index in [4.69, 9.17) is 13.7 Å². The van der Waals surface area contributed by atoms with Gasteiger partial charge in [-0.2, -0.15) is 4.98 Å². The number of ether oxygens (including phenoxy) is 1. The maximum absolute atomic E-state index is 13.5. The number of carbonyl (C=O) groups is 2. The lowest BCUT2D eigenvalue weighted by molar-refractivity contribution is 0.0924. The first kappa shape index (κ1) is 26.2. The number of benzene rings is 3. The summed E-state index contributed by atoms with van der Waals surface area (Å²) in [6.07, 6.45) is 1.41. The molecular weight excluding hydrogens is 527 g/mol. The van der Waals surface area contributed by atoms with Gasteiger partial charge in [-0.25, -0.2) is 4.39 Å². The topological polar surface area (TPSA) is 119 Å². The number of hydrogen-bond donors (Lipinski definition) is 2. The second kappa shape index (κ2) is 9.88. The van der Waals surface area contributed by atoms with E-state index in [1.165, 1.54) is 31.4 Å².